The topological polar surface area (TPSA) is 97.0 Å². The van der Waals surface area contributed by atoms with Crippen molar-refractivity contribution in [3.8, 4) is 6.07 Å². The number of aromatic nitrogens is 2. The molecule has 160 valence electrons. The van der Waals surface area contributed by atoms with E-state index in [4.69, 9.17) is 10.00 Å². The van der Waals surface area contributed by atoms with Crippen LogP contribution in [0.3, 0.4) is 0 Å². The van der Waals surface area contributed by atoms with E-state index < -0.39 is 0 Å². The van der Waals surface area contributed by atoms with E-state index in [-0.39, 0.29) is 17.2 Å². The van der Waals surface area contributed by atoms with E-state index in [9.17, 15) is 9.59 Å². The molecule has 7 nitrogen and oxygen atoms in total. The number of thioether (sulfide) groups is 2. The highest BCUT2D eigenvalue weighted by molar-refractivity contribution is 8.00. The number of hydrogen-bond acceptors (Lipinski definition) is 7. The summed E-state index contributed by atoms with van der Waals surface area (Å²) in [5.74, 6) is 0.198. The number of fused-ring (bicyclic) bond motifs is 1. The Morgan fingerprint density at radius 3 is 2.77 bits per heavy atom. The lowest BCUT2D eigenvalue weighted by Crippen LogP contribution is -2.25. The molecule has 0 unspecified atom stereocenters. The second-order valence-corrected chi connectivity index (χ2v) is 8.45. The first-order valence-corrected chi connectivity index (χ1v) is 11.6. The predicted molar refractivity (Wildman–Crippen MR) is 125 cm³/mol. The van der Waals surface area contributed by atoms with Crippen molar-refractivity contribution in [2.75, 3.05) is 30.5 Å². The second-order valence-electron chi connectivity index (χ2n) is 6.49. The number of amides is 1. The zero-order valence-electron chi connectivity index (χ0n) is 17.0. The van der Waals surface area contributed by atoms with Gasteiger partial charge in [-0.25, -0.2) is 4.98 Å². The highest BCUT2D eigenvalue weighted by Crippen LogP contribution is 2.27. The number of ether oxygens (including phenoxy) is 1. The molecule has 3 rings (SSSR count). The van der Waals surface area contributed by atoms with Crippen LogP contribution in [-0.2, 0) is 16.1 Å². The van der Waals surface area contributed by atoms with Crippen molar-refractivity contribution < 1.29 is 9.53 Å². The van der Waals surface area contributed by atoms with Crippen molar-refractivity contribution in [2.45, 2.75) is 23.0 Å². The first-order chi connectivity index (χ1) is 15.1. The average molecular weight is 455 g/mol. The lowest BCUT2D eigenvalue weighted by Gasteiger charge is -2.13. The number of methoxy groups -OCH3 is 1. The van der Waals surface area contributed by atoms with Crippen LogP contribution in [-0.4, -0.2) is 40.7 Å². The molecule has 0 aliphatic heterocycles. The predicted octanol–water partition coefficient (Wildman–Crippen LogP) is 3.78. The molecule has 1 heterocycles. The number of hydrogen-bond donors (Lipinski definition) is 1. The Hall–Kier alpha value is -2.80. The van der Waals surface area contributed by atoms with Crippen molar-refractivity contribution >= 4 is 46.0 Å². The van der Waals surface area contributed by atoms with Crippen molar-refractivity contribution in [3.05, 3.63) is 58.9 Å². The number of nitrogens with one attached hydrogen (secondary N) is 1. The van der Waals surface area contributed by atoms with Gasteiger partial charge in [-0.15, -0.1) is 11.8 Å². The Kier molecular flexibility index (Phi) is 8.53. The van der Waals surface area contributed by atoms with Gasteiger partial charge < -0.3 is 10.1 Å². The van der Waals surface area contributed by atoms with E-state index in [1.807, 2.05) is 30.3 Å². The molecule has 3 aromatic rings. The molecule has 1 aromatic heterocycles. The summed E-state index contributed by atoms with van der Waals surface area (Å²) in [6.45, 7) is 0.989. The monoisotopic (exact) mass is 454 g/mol. The number of nitrogens with zero attached hydrogens (tertiary/aromatic N) is 3. The fourth-order valence-corrected chi connectivity index (χ4v) is 4.44. The van der Waals surface area contributed by atoms with Gasteiger partial charge in [0.1, 0.15) is 0 Å². The largest absolute Gasteiger partial charge is 0.385 e. The Morgan fingerprint density at radius 2 is 1.97 bits per heavy atom. The Labute approximate surface area is 188 Å². The summed E-state index contributed by atoms with van der Waals surface area (Å²) in [7, 11) is 1.62. The Balaban J connectivity index is 1.77. The van der Waals surface area contributed by atoms with E-state index in [0.717, 1.165) is 4.90 Å². The van der Waals surface area contributed by atoms with E-state index in [1.165, 1.54) is 23.5 Å². The number of rotatable bonds is 10. The van der Waals surface area contributed by atoms with Crippen LogP contribution in [0, 0.1) is 11.3 Å². The van der Waals surface area contributed by atoms with Crippen LogP contribution >= 0.6 is 23.5 Å². The van der Waals surface area contributed by atoms with E-state index >= 15 is 0 Å². The van der Waals surface area contributed by atoms with Gasteiger partial charge >= 0.3 is 0 Å². The van der Waals surface area contributed by atoms with E-state index in [2.05, 4.69) is 16.4 Å². The van der Waals surface area contributed by atoms with Crippen LogP contribution in [0.2, 0.25) is 0 Å². The van der Waals surface area contributed by atoms with Crippen LogP contribution in [0.4, 0.5) is 5.69 Å². The molecule has 1 amide bonds. The van der Waals surface area contributed by atoms with Crippen LogP contribution in [0.5, 0.6) is 0 Å². The van der Waals surface area contributed by atoms with Gasteiger partial charge in [-0.05, 0) is 30.7 Å². The van der Waals surface area contributed by atoms with Gasteiger partial charge in [0.25, 0.3) is 5.56 Å². The van der Waals surface area contributed by atoms with Gasteiger partial charge in [0.2, 0.25) is 5.91 Å². The summed E-state index contributed by atoms with van der Waals surface area (Å²) >= 11 is 2.59. The van der Waals surface area contributed by atoms with Gasteiger partial charge in [0.15, 0.2) is 5.16 Å². The minimum atomic E-state index is -0.208. The molecule has 0 atom stereocenters. The first kappa shape index (κ1) is 22.9. The van der Waals surface area contributed by atoms with E-state index in [1.54, 1.807) is 29.9 Å². The lowest BCUT2D eigenvalue weighted by atomic mass is 10.2. The van der Waals surface area contributed by atoms with Gasteiger partial charge in [-0.2, -0.15) is 5.26 Å². The molecular weight excluding hydrogens is 432 g/mol. The Bertz CT molecular complexity index is 1160. The SMILES string of the molecule is COCCCn1c(SCC(=O)Nc2ccccc2SCC#N)nc2ccccc2c1=O. The first-order valence-electron chi connectivity index (χ1n) is 9.64. The van der Waals surface area contributed by atoms with Crippen LogP contribution in [0.1, 0.15) is 6.42 Å². The number of nitriles is 1. The summed E-state index contributed by atoms with van der Waals surface area (Å²) in [5.41, 5.74) is 1.15. The standard InChI is InChI=1S/C22H22N4O3S2/c1-29-13-6-12-26-21(28)16-7-2-3-8-17(16)25-22(26)31-15-20(27)24-18-9-4-5-10-19(18)30-14-11-23/h2-5,7-10H,6,12-15H2,1H3,(H,24,27). The fourth-order valence-electron chi connectivity index (χ4n) is 2.94. The highest BCUT2D eigenvalue weighted by Gasteiger charge is 2.14. The molecule has 0 fully saturated rings. The molecule has 2 aromatic carbocycles. The quantitative estimate of drug-likeness (QED) is 0.283. The van der Waals surface area contributed by atoms with Crippen molar-refractivity contribution in [3.63, 3.8) is 0 Å². The average Bonchev–Trinajstić information content (AvgIpc) is 2.79. The fraction of sp³-hybridized carbons (Fsp3) is 0.273. The Morgan fingerprint density at radius 1 is 1.19 bits per heavy atom. The second kappa shape index (κ2) is 11.6. The molecule has 0 saturated carbocycles. The van der Waals surface area contributed by atoms with Gasteiger partial charge in [0.05, 0.1) is 34.2 Å². The molecule has 0 saturated heterocycles. The highest BCUT2D eigenvalue weighted by atomic mass is 32.2. The zero-order chi connectivity index (χ0) is 22.1. The van der Waals surface area contributed by atoms with Gasteiger partial charge in [-0.3, -0.25) is 14.2 Å². The van der Waals surface area contributed by atoms with Gasteiger partial charge in [0, 0.05) is 25.2 Å². The smallest absolute Gasteiger partial charge is 0.262 e. The molecule has 0 aliphatic rings. The summed E-state index contributed by atoms with van der Waals surface area (Å²) in [4.78, 5) is 31.0. The molecular formula is C22H22N4O3S2. The normalized spacial score (nSPS) is 10.7. The summed E-state index contributed by atoms with van der Waals surface area (Å²) in [6, 6.07) is 16.6. The number of para-hydroxylation sites is 2. The molecule has 0 radical (unpaired) electrons. The molecule has 31 heavy (non-hydrogen) atoms. The van der Waals surface area contributed by atoms with Crippen LogP contribution in [0.25, 0.3) is 10.9 Å². The van der Waals surface area contributed by atoms with Crippen molar-refractivity contribution in [1.82, 2.24) is 9.55 Å². The number of anilines is 1. The summed E-state index contributed by atoms with van der Waals surface area (Å²) < 4.78 is 6.71. The maximum Gasteiger partial charge on any atom is 0.262 e. The van der Waals surface area contributed by atoms with Gasteiger partial charge in [-0.1, -0.05) is 36.0 Å². The molecule has 0 bridgehead atoms. The van der Waals surface area contributed by atoms with E-state index in [0.29, 0.717) is 47.1 Å². The third-order valence-corrected chi connectivity index (χ3v) is 6.26. The molecule has 0 spiro atoms. The van der Waals surface area contributed by atoms with Crippen LogP contribution in [0.15, 0.2) is 63.4 Å². The van der Waals surface area contributed by atoms with Crippen molar-refractivity contribution in [1.29, 1.82) is 5.26 Å². The summed E-state index contributed by atoms with van der Waals surface area (Å²) in [5, 5.41) is 12.8. The molecule has 0 aliphatic carbocycles. The minimum absolute atomic E-state index is 0.103. The molecule has 1 N–H and O–H groups in total. The number of benzene rings is 2. The minimum Gasteiger partial charge on any atom is -0.385 e. The maximum absolute atomic E-state index is 13.0. The van der Waals surface area contributed by atoms with Crippen LogP contribution < -0.4 is 10.9 Å². The third-order valence-electron chi connectivity index (χ3n) is 4.34. The third kappa shape index (κ3) is 6.10. The maximum atomic E-state index is 13.0. The summed E-state index contributed by atoms with van der Waals surface area (Å²) in [6.07, 6.45) is 0.666. The molecule has 9 heteroatoms. The number of carbonyl (C=O) groups excluding carboxylic acids is 1. The van der Waals surface area contributed by atoms with Crippen molar-refractivity contribution in [2.24, 2.45) is 0 Å². The zero-order valence-corrected chi connectivity index (χ0v) is 18.7. The number of carbonyl (C=O) groups is 1. The lowest BCUT2D eigenvalue weighted by molar-refractivity contribution is -0.113.